The van der Waals surface area contributed by atoms with Crippen LogP contribution in [-0.4, -0.2) is 27.6 Å². The molecular formula is C26H29FN4O2. The molecule has 1 aliphatic rings. The van der Waals surface area contributed by atoms with Gasteiger partial charge in [0.1, 0.15) is 5.82 Å². The van der Waals surface area contributed by atoms with Crippen LogP contribution in [0, 0.1) is 29.5 Å². The van der Waals surface area contributed by atoms with Crippen molar-refractivity contribution in [2.75, 3.05) is 6.54 Å². The Morgan fingerprint density at radius 2 is 1.88 bits per heavy atom. The van der Waals surface area contributed by atoms with Gasteiger partial charge in [0.2, 0.25) is 11.8 Å². The molecular weight excluding hydrogens is 419 g/mol. The lowest BCUT2D eigenvalue weighted by atomic mass is 9.70. The van der Waals surface area contributed by atoms with Crippen molar-refractivity contribution < 1.29 is 13.6 Å². The standard InChI is InChI=1S/C26H29FN4O2/c1-16(2)23-13-20(14-24-30-31-26(33-24)19-8-10-28-11-9-19)17(3)12-21(23)15-29-25(32)18-4-6-22(27)7-5-18/h4-12,16,20-21,23H,13-15H2,1-3H3,(H,29,32). The Kier molecular flexibility index (Phi) is 6.96. The lowest BCUT2D eigenvalue weighted by molar-refractivity contribution is 0.0939. The zero-order chi connectivity index (χ0) is 23.4. The molecule has 0 bridgehead atoms. The maximum Gasteiger partial charge on any atom is 0.251 e. The van der Waals surface area contributed by atoms with Crippen molar-refractivity contribution in [3.8, 4) is 11.5 Å². The molecule has 0 spiro atoms. The van der Waals surface area contributed by atoms with Gasteiger partial charge < -0.3 is 9.73 Å². The molecule has 3 unspecified atom stereocenters. The number of aromatic nitrogens is 3. The molecule has 0 fully saturated rings. The first-order chi connectivity index (χ1) is 15.9. The van der Waals surface area contributed by atoms with E-state index < -0.39 is 0 Å². The van der Waals surface area contributed by atoms with Crippen molar-refractivity contribution in [3.63, 3.8) is 0 Å². The van der Waals surface area contributed by atoms with Crippen LogP contribution in [-0.2, 0) is 6.42 Å². The van der Waals surface area contributed by atoms with Gasteiger partial charge >= 0.3 is 0 Å². The maximum atomic E-state index is 13.1. The first-order valence-electron chi connectivity index (χ1n) is 11.4. The average Bonchev–Trinajstić information content (AvgIpc) is 3.28. The van der Waals surface area contributed by atoms with Crippen LogP contribution in [0.2, 0.25) is 0 Å². The molecule has 4 rings (SSSR count). The molecule has 7 heteroatoms. The molecule has 33 heavy (non-hydrogen) atoms. The van der Waals surface area contributed by atoms with Crippen LogP contribution < -0.4 is 5.32 Å². The summed E-state index contributed by atoms with van der Waals surface area (Å²) in [6, 6.07) is 9.32. The van der Waals surface area contributed by atoms with E-state index in [2.05, 4.69) is 47.3 Å². The summed E-state index contributed by atoms with van der Waals surface area (Å²) in [5.41, 5.74) is 2.60. The highest BCUT2D eigenvalue weighted by atomic mass is 19.1. The van der Waals surface area contributed by atoms with Crippen LogP contribution in [0.1, 0.15) is 43.4 Å². The third-order valence-corrected chi connectivity index (χ3v) is 6.50. The third-order valence-electron chi connectivity index (χ3n) is 6.50. The number of allylic oxidation sites excluding steroid dienone is 1. The summed E-state index contributed by atoms with van der Waals surface area (Å²) in [4.78, 5) is 16.5. The van der Waals surface area contributed by atoms with Gasteiger partial charge in [0.15, 0.2) is 0 Å². The Morgan fingerprint density at radius 1 is 1.15 bits per heavy atom. The molecule has 3 atom stereocenters. The highest BCUT2D eigenvalue weighted by Gasteiger charge is 2.32. The van der Waals surface area contributed by atoms with Gasteiger partial charge in [-0.15, -0.1) is 10.2 Å². The van der Waals surface area contributed by atoms with Gasteiger partial charge in [0.05, 0.1) is 0 Å². The van der Waals surface area contributed by atoms with E-state index >= 15 is 0 Å². The van der Waals surface area contributed by atoms with Crippen molar-refractivity contribution in [3.05, 3.63) is 77.7 Å². The molecule has 1 amide bonds. The summed E-state index contributed by atoms with van der Waals surface area (Å²) in [6.45, 7) is 7.13. The summed E-state index contributed by atoms with van der Waals surface area (Å²) in [6.07, 6.45) is 7.37. The first-order valence-corrected chi connectivity index (χ1v) is 11.4. The zero-order valence-corrected chi connectivity index (χ0v) is 19.2. The number of hydrogen-bond acceptors (Lipinski definition) is 5. The minimum Gasteiger partial charge on any atom is -0.421 e. The fourth-order valence-electron chi connectivity index (χ4n) is 4.58. The van der Waals surface area contributed by atoms with Crippen LogP contribution in [0.25, 0.3) is 11.5 Å². The second-order valence-corrected chi connectivity index (χ2v) is 9.07. The van der Waals surface area contributed by atoms with Crippen molar-refractivity contribution >= 4 is 5.91 Å². The number of amides is 1. The summed E-state index contributed by atoms with van der Waals surface area (Å²) < 4.78 is 19.1. The van der Waals surface area contributed by atoms with E-state index in [-0.39, 0.29) is 17.6 Å². The van der Waals surface area contributed by atoms with E-state index in [0.717, 1.165) is 12.0 Å². The number of nitrogens with one attached hydrogen (secondary N) is 1. The fraction of sp³-hybridized carbons (Fsp3) is 0.385. The van der Waals surface area contributed by atoms with E-state index in [9.17, 15) is 9.18 Å². The molecule has 0 saturated heterocycles. The van der Waals surface area contributed by atoms with E-state index in [1.807, 2.05) is 12.1 Å². The zero-order valence-electron chi connectivity index (χ0n) is 19.2. The minimum absolute atomic E-state index is 0.180. The Hall–Kier alpha value is -3.35. The normalized spacial score (nSPS) is 20.5. The molecule has 0 radical (unpaired) electrons. The van der Waals surface area contributed by atoms with Gasteiger partial charge in [-0.1, -0.05) is 25.5 Å². The van der Waals surface area contributed by atoms with Crippen molar-refractivity contribution in [2.24, 2.45) is 23.7 Å². The monoisotopic (exact) mass is 448 g/mol. The molecule has 6 nitrogen and oxygen atoms in total. The number of rotatable bonds is 7. The molecule has 0 saturated carbocycles. The Morgan fingerprint density at radius 3 is 2.58 bits per heavy atom. The maximum absolute atomic E-state index is 13.1. The number of carbonyl (C=O) groups is 1. The van der Waals surface area contributed by atoms with Crippen LogP contribution in [0.5, 0.6) is 0 Å². The van der Waals surface area contributed by atoms with E-state index in [1.165, 1.54) is 29.8 Å². The highest BCUT2D eigenvalue weighted by Crippen LogP contribution is 2.38. The summed E-state index contributed by atoms with van der Waals surface area (Å²) in [5.74, 6) is 2.02. The summed E-state index contributed by atoms with van der Waals surface area (Å²) in [7, 11) is 0. The van der Waals surface area contributed by atoms with Crippen LogP contribution in [0.15, 0.2) is 64.9 Å². The van der Waals surface area contributed by atoms with Gasteiger partial charge in [-0.25, -0.2) is 4.39 Å². The number of carbonyl (C=O) groups excluding carboxylic acids is 1. The molecule has 172 valence electrons. The Bertz CT molecular complexity index is 1110. The number of hydrogen-bond donors (Lipinski definition) is 1. The van der Waals surface area contributed by atoms with Crippen molar-refractivity contribution in [1.29, 1.82) is 0 Å². The van der Waals surface area contributed by atoms with Gasteiger partial charge in [-0.3, -0.25) is 9.78 Å². The molecule has 1 N–H and O–H groups in total. The van der Waals surface area contributed by atoms with E-state index in [1.54, 1.807) is 12.4 Å². The average molecular weight is 449 g/mol. The van der Waals surface area contributed by atoms with Crippen molar-refractivity contribution in [1.82, 2.24) is 20.5 Å². The lowest BCUT2D eigenvalue weighted by Gasteiger charge is -2.37. The van der Waals surface area contributed by atoms with Gasteiger partial charge in [-0.2, -0.15) is 0 Å². The topological polar surface area (TPSA) is 80.9 Å². The van der Waals surface area contributed by atoms with Crippen molar-refractivity contribution in [2.45, 2.75) is 33.6 Å². The van der Waals surface area contributed by atoms with Gasteiger partial charge in [0.25, 0.3) is 5.91 Å². The number of benzene rings is 1. The highest BCUT2D eigenvalue weighted by molar-refractivity contribution is 5.94. The third kappa shape index (κ3) is 5.53. The summed E-state index contributed by atoms with van der Waals surface area (Å²) in [5, 5.41) is 11.5. The second kappa shape index (κ2) is 10.1. The molecule has 0 aliphatic heterocycles. The molecule has 1 aliphatic carbocycles. The predicted molar refractivity (Wildman–Crippen MR) is 124 cm³/mol. The quantitative estimate of drug-likeness (QED) is 0.509. The summed E-state index contributed by atoms with van der Waals surface area (Å²) >= 11 is 0. The van der Waals surface area contributed by atoms with E-state index in [0.29, 0.717) is 48.1 Å². The van der Waals surface area contributed by atoms with Gasteiger partial charge in [-0.05, 0) is 73.4 Å². The Labute approximate surface area is 193 Å². The van der Waals surface area contributed by atoms with Crippen LogP contribution >= 0.6 is 0 Å². The number of nitrogens with zero attached hydrogens (tertiary/aromatic N) is 3. The molecule has 3 aromatic rings. The SMILES string of the molecule is CC1=CC(CNC(=O)c2ccc(F)cc2)C(C(C)C)CC1Cc1nnc(-c2ccncc2)o1. The van der Waals surface area contributed by atoms with Gasteiger partial charge in [0, 0.05) is 36.5 Å². The van der Waals surface area contributed by atoms with Crippen LogP contribution in [0.3, 0.4) is 0 Å². The predicted octanol–water partition coefficient (Wildman–Crippen LogP) is 5.10. The minimum atomic E-state index is -0.350. The molecule has 1 aromatic carbocycles. The number of pyridine rings is 1. The van der Waals surface area contributed by atoms with Crippen LogP contribution in [0.4, 0.5) is 4.39 Å². The number of halogens is 1. The first kappa shape index (κ1) is 22.8. The fourth-order valence-corrected chi connectivity index (χ4v) is 4.58. The largest absolute Gasteiger partial charge is 0.421 e. The van der Waals surface area contributed by atoms with E-state index in [4.69, 9.17) is 4.42 Å². The Balaban J connectivity index is 1.42. The molecule has 2 heterocycles. The smallest absolute Gasteiger partial charge is 0.251 e. The lowest BCUT2D eigenvalue weighted by Crippen LogP contribution is -2.37. The molecule has 2 aromatic heterocycles. The second-order valence-electron chi connectivity index (χ2n) is 9.07.